The molecule has 1 aliphatic rings. The van der Waals surface area contributed by atoms with Gasteiger partial charge < -0.3 is 20.7 Å². The Balaban J connectivity index is 1.52. The van der Waals surface area contributed by atoms with Crippen molar-refractivity contribution in [2.24, 2.45) is 0 Å². The van der Waals surface area contributed by atoms with E-state index in [4.69, 9.17) is 4.74 Å². The molecule has 0 radical (unpaired) electrons. The predicted octanol–water partition coefficient (Wildman–Crippen LogP) is 2.78. The van der Waals surface area contributed by atoms with Crippen molar-refractivity contribution in [2.75, 3.05) is 50.8 Å². The van der Waals surface area contributed by atoms with E-state index < -0.39 is 0 Å². The smallest absolute Gasteiger partial charge is 0.314 e. The van der Waals surface area contributed by atoms with Crippen molar-refractivity contribution >= 4 is 23.7 Å². The first-order valence-corrected chi connectivity index (χ1v) is 12.3. The minimum atomic E-state index is -0.173. The van der Waals surface area contributed by atoms with Crippen LogP contribution in [-0.2, 0) is 11.3 Å². The van der Waals surface area contributed by atoms with E-state index >= 15 is 0 Å². The quantitative estimate of drug-likeness (QED) is 0.319. The molecule has 0 aromatic heterocycles. The van der Waals surface area contributed by atoms with Crippen LogP contribution < -0.4 is 20.7 Å². The van der Waals surface area contributed by atoms with Gasteiger partial charge in [0.15, 0.2) is 0 Å². The molecule has 0 unspecified atom stereocenters. The summed E-state index contributed by atoms with van der Waals surface area (Å²) in [5.74, 6) is 1.94. The van der Waals surface area contributed by atoms with Crippen molar-refractivity contribution in [3.63, 3.8) is 0 Å². The van der Waals surface area contributed by atoms with E-state index in [1.165, 1.54) is 49.7 Å². The van der Waals surface area contributed by atoms with Gasteiger partial charge in [0.2, 0.25) is 5.91 Å². The number of rotatable bonds is 13. The van der Waals surface area contributed by atoms with Gasteiger partial charge in [-0.05, 0) is 56.6 Å². The van der Waals surface area contributed by atoms with Gasteiger partial charge in [-0.3, -0.25) is 9.69 Å². The monoisotopic (exact) mass is 448 g/mol. The Kier molecular flexibility index (Phi) is 12.6. The normalized spacial score (nSPS) is 14.4. The molecule has 7 nitrogen and oxygen atoms in total. The number of benzene rings is 1. The van der Waals surface area contributed by atoms with Crippen molar-refractivity contribution in [3.8, 4) is 5.75 Å². The molecule has 0 bridgehead atoms. The lowest BCUT2D eigenvalue weighted by Crippen LogP contribution is -2.36. The molecule has 3 N–H and O–H groups in total. The summed E-state index contributed by atoms with van der Waals surface area (Å²) in [4.78, 5) is 25.5. The van der Waals surface area contributed by atoms with Crippen LogP contribution in [0.15, 0.2) is 36.4 Å². The molecule has 3 amide bonds. The highest BCUT2D eigenvalue weighted by Crippen LogP contribution is 2.17. The van der Waals surface area contributed by atoms with Gasteiger partial charge in [-0.25, -0.2) is 4.79 Å². The summed E-state index contributed by atoms with van der Waals surface area (Å²) < 4.78 is 5.81. The van der Waals surface area contributed by atoms with Crippen LogP contribution in [0.4, 0.5) is 4.79 Å². The molecular weight excluding hydrogens is 412 g/mol. The molecule has 0 saturated carbocycles. The highest BCUT2D eigenvalue weighted by atomic mass is 32.2. The molecule has 1 heterocycles. The fourth-order valence-electron chi connectivity index (χ4n) is 3.25. The van der Waals surface area contributed by atoms with Crippen molar-refractivity contribution in [1.29, 1.82) is 0 Å². The Morgan fingerprint density at radius 3 is 2.77 bits per heavy atom. The van der Waals surface area contributed by atoms with Crippen LogP contribution >= 0.6 is 11.8 Å². The average molecular weight is 449 g/mol. The van der Waals surface area contributed by atoms with Gasteiger partial charge in [0, 0.05) is 31.9 Å². The van der Waals surface area contributed by atoms with Crippen LogP contribution in [0.1, 0.15) is 31.7 Å². The lowest BCUT2D eigenvalue weighted by molar-refractivity contribution is -0.118. The topological polar surface area (TPSA) is 82.7 Å². The fraction of sp³-hybridized carbons (Fsp3) is 0.565. The van der Waals surface area contributed by atoms with Crippen LogP contribution in [-0.4, -0.2) is 67.7 Å². The number of urea groups is 1. The van der Waals surface area contributed by atoms with Gasteiger partial charge in [-0.15, -0.1) is 0 Å². The molecular formula is C23H36N4O3S. The van der Waals surface area contributed by atoms with Crippen LogP contribution in [0.3, 0.4) is 0 Å². The number of thioether (sulfide) groups is 1. The van der Waals surface area contributed by atoms with Gasteiger partial charge in [0.05, 0.1) is 5.75 Å². The van der Waals surface area contributed by atoms with E-state index in [0.717, 1.165) is 12.3 Å². The number of ether oxygens (including phenoxy) is 1. The second-order valence-electron chi connectivity index (χ2n) is 7.41. The summed E-state index contributed by atoms with van der Waals surface area (Å²) in [5, 5.41) is 8.24. The number of nitrogens with one attached hydrogen (secondary N) is 3. The number of nitrogens with zero attached hydrogens (tertiary/aromatic N) is 1. The first-order valence-electron chi connectivity index (χ1n) is 11.1. The number of carbonyl (C=O) groups is 2. The standard InChI is InChI=1S/C23H36N4O3S/c1-2-24-23(29)26-12-16-31-19-22(28)25-11-4-7-15-30-21-10-8-9-20(17-21)18-27-13-5-3-6-14-27/h4,7-10,17H,2-3,5-6,11-16,18-19H2,1H3,(H,25,28)(H2,24,26,29). The molecule has 1 fully saturated rings. The highest BCUT2D eigenvalue weighted by molar-refractivity contribution is 7.99. The third-order valence-electron chi connectivity index (χ3n) is 4.79. The average Bonchev–Trinajstić information content (AvgIpc) is 2.77. The summed E-state index contributed by atoms with van der Waals surface area (Å²) in [6.07, 6.45) is 7.76. The lowest BCUT2D eigenvalue weighted by atomic mass is 10.1. The molecule has 0 aliphatic carbocycles. The van der Waals surface area contributed by atoms with Crippen LogP contribution in [0.25, 0.3) is 0 Å². The summed E-state index contributed by atoms with van der Waals surface area (Å²) in [5.41, 5.74) is 1.29. The second-order valence-corrected chi connectivity index (χ2v) is 8.51. The van der Waals surface area contributed by atoms with Gasteiger partial charge in [0.25, 0.3) is 0 Å². The molecule has 1 aliphatic heterocycles. The number of hydrogen-bond donors (Lipinski definition) is 3. The Morgan fingerprint density at radius 1 is 1.13 bits per heavy atom. The van der Waals surface area contributed by atoms with E-state index in [2.05, 4.69) is 33.0 Å². The zero-order chi connectivity index (χ0) is 22.2. The summed E-state index contributed by atoms with van der Waals surface area (Å²) in [6, 6.07) is 8.12. The van der Waals surface area contributed by atoms with Crippen molar-refractivity contribution < 1.29 is 14.3 Å². The zero-order valence-corrected chi connectivity index (χ0v) is 19.3. The van der Waals surface area contributed by atoms with Crippen molar-refractivity contribution in [1.82, 2.24) is 20.9 Å². The Labute approximate surface area is 190 Å². The summed E-state index contributed by atoms with van der Waals surface area (Å²) in [6.45, 7) is 7.33. The number of amides is 3. The van der Waals surface area contributed by atoms with E-state index in [-0.39, 0.29) is 11.9 Å². The molecule has 0 atom stereocenters. The van der Waals surface area contributed by atoms with Crippen LogP contribution in [0, 0.1) is 0 Å². The third kappa shape index (κ3) is 11.7. The second kappa shape index (κ2) is 15.6. The molecule has 8 heteroatoms. The van der Waals surface area contributed by atoms with Gasteiger partial charge in [-0.1, -0.05) is 24.6 Å². The first kappa shape index (κ1) is 25.1. The number of hydrogen-bond acceptors (Lipinski definition) is 5. The summed E-state index contributed by atoms with van der Waals surface area (Å²) in [7, 11) is 0. The van der Waals surface area contributed by atoms with E-state index in [1.54, 1.807) is 0 Å². The van der Waals surface area contributed by atoms with E-state index in [1.807, 2.05) is 31.2 Å². The Morgan fingerprint density at radius 2 is 1.97 bits per heavy atom. The van der Waals surface area contributed by atoms with Crippen molar-refractivity contribution in [3.05, 3.63) is 42.0 Å². The fourth-order valence-corrected chi connectivity index (χ4v) is 3.93. The van der Waals surface area contributed by atoms with Crippen LogP contribution in [0.5, 0.6) is 5.75 Å². The minimum Gasteiger partial charge on any atom is -0.490 e. The first-order chi connectivity index (χ1) is 15.2. The molecule has 31 heavy (non-hydrogen) atoms. The SMILES string of the molecule is CCNC(=O)NCCSCC(=O)NCC=CCOc1cccc(CN2CCCCC2)c1. The van der Waals surface area contributed by atoms with E-state index in [0.29, 0.717) is 37.7 Å². The minimum absolute atomic E-state index is 0.0148. The van der Waals surface area contributed by atoms with Gasteiger partial charge in [-0.2, -0.15) is 11.8 Å². The predicted molar refractivity (Wildman–Crippen MR) is 128 cm³/mol. The number of likely N-dealkylation sites (tertiary alicyclic amines) is 1. The van der Waals surface area contributed by atoms with E-state index in [9.17, 15) is 9.59 Å². The zero-order valence-electron chi connectivity index (χ0n) is 18.5. The van der Waals surface area contributed by atoms with Gasteiger partial charge in [0.1, 0.15) is 12.4 Å². The third-order valence-corrected chi connectivity index (χ3v) is 5.74. The molecule has 1 aromatic carbocycles. The molecule has 172 valence electrons. The number of piperidine rings is 1. The summed E-state index contributed by atoms with van der Waals surface area (Å²) >= 11 is 1.49. The van der Waals surface area contributed by atoms with Crippen LogP contribution in [0.2, 0.25) is 0 Å². The molecule has 0 spiro atoms. The maximum atomic E-state index is 11.8. The van der Waals surface area contributed by atoms with Crippen molar-refractivity contribution in [2.45, 2.75) is 32.7 Å². The Hall–Kier alpha value is -2.19. The maximum absolute atomic E-state index is 11.8. The van der Waals surface area contributed by atoms with Gasteiger partial charge >= 0.3 is 6.03 Å². The molecule has 1 aromatic rings. The largest absolute Gasteiger partial charge is 0.490 e. The molecule has 2 rings (SSSR count). The Bertz CT molecular complexity index is 693. The number of carbonyl (C=O) groups excluding carboxylic acids is 2. The maximum Gasteiger partial charge on any atom is 0.314 e. The highest BCUT2D eigenvalue weighted by Gasteiger charge is 2.10. The lowest BCUT2D eigenvalue weighted by Gasteiger charge is -2.26. The molecule has 1 saturated heterocycles.